The Balaban J connectivity index is 3.15. The van der Waals surface area contributed by atoms with E-state index in [-0.39, 0.29) is 9.90 Å². The Bertz CT molecular complexity index is 547. The molecule has 0 aliphatic heterocycles. The fraction of sp³-hybridized carbons (Fsp3) is 0.636. The van der Waals surface area contributed by atoms with Gasteiger partial charge >= 0.3 is 5.97 Å². The first-order valence-corrected chi connectivity index (χ1v) is 8.21. The van der Waals surface area contributed by atoms with Crippen LogP contribution in [0.15, 0.2) is 9.72 Å². The summed E-state index contributed by atoms with van der Waals surface area (Å²) in [6, 6.07) is 0. The standard InChI is InChI=1S/C11H18N2O4S2/c1-5-11(3,6-2)13-19(15,16)10-8(9(14)17-4)12-7-18-10/h7,13H,5-6H2,1-4H3. The number of methoxy groups -OCH3 is 1. The summed E-state index contributed by atoms with van der Waals surface area (Å²) in [7, 11) is -2.59. The van der Waals surface area contributed by atoms with Crippen molar-refractivity contribution < 1.29 is 17.9 Å². The van der Waals surface area contributed by atoms with E-state index in [1.807, 2.05) is 20.8 Å². The number of nitrogens with zero attached hydrogens (tertiary/aromatic N) is 1. The van der Waals surface area contributed by atoms with Gasteiger partial charge in [-0.25, -0.2) is 22.9 Å². The minimum absolute atomic E-state index is 0.104. The Hall–Kier alpha value is -0.990. The molecule has 0 atom stereocenters. The third-order valence-electron chi connectivity index (χ3n) is 3.10. The Labute approximate surface area is 117 Å². The third-order valence-corrected chi connectivity index (χ3v) is 6.11. The number of rotatable bonds is 6. The van der Waals surface area contributed by atoms with Crippen molar-refractivity contribution >= 4 is 27.3 Å². The van der Waals surface area contributed by atoms with Crippen molar-refractivity contribution in [1.82, 2.24) is 9.71 Å². The van der Waals surface area contributed by atoms with Gasteiger partial charge in [0, 0.05) is 5.54 Å². The first kappa shape index (κ1) is 16.1. The van der Waals surface area contributed by atoms with E-state index in [1.54, 1.807) is 0 Å². The summed E-state index contributed by atoms with van der Waals surface area (Å²) in [5.74, 6) is -0.753. The van der Waals surface area contributed by atoms with Crippen molar-refractivity contribution in [2.75, 3.05) is 7.11 Å². The van der Waals surface area contributed by atoms with E-state index in [0.717, 1.165) is 11.3 Å². The van der Waals surface area contributed by atoms with Crippen LogP contribution < -0.4 is 4.72 Å². The second-order valence-corrected chi connectivity index (χ2v) is 7.09. The van der Waals surface area contributed by atoms with E-state index < -0.39 is 21.5 Å². The minimum atomic E-state index is -3.78. The fourth-order valence-electron chi connectivity index (χ4n) is 1.42. The minimum Gasteiger partial charge on any atom is -0.464 e. The molecule has 0 aliphatic rings. The van der Waals surface area contributed by atoms with Crippen molar-refractivity contribution in [3.05, 3.63) is 11.2 Å². The molecule has 1 N–H and O–H groups in total. The molecule has 108 valence electrons. The average molecular weight is 306 g/mol. The van der Waals surface area contributed by atoms with Gasteiger partial charge in [0.2, 0.25) is 0 Å². The molecule has 0 radical (unpaired) electrons. The zero-order valence-electron chi connectivity index (χ0n) is 11.4. The summed E-state index contributed by atoms with van der Waals surface area (Å²) in [5, 5.41) is 0. The quantitative estimate of drug-likeness (QED) is 0.810. The maximum absolute atomic E-state index is 12.3. The molecule has 0 aromatic carbocycles. The van der Waals surface area contributed by atoms with Gasteiger partial charge in [0.15, 0.2) is 9.90 Å². The molecule has 8 heteroatoms. The molecule has 19 heavy (non-hydrogen) atoms. The number of hydrogen-bond donors (Lipinski definition) is 1. The van der Waals surface area contributed by atoms with Crippen molar-refractivity contribution in [1.29, 1.82) is 0 Å². The second kappa shape index (κ2) is 5.98. The average Bonchev–Trinajstić information content (AvgIpc) is 2.87. The van der Waals surface area contributed by atoms with E-state index in [2.05, 4.69) is 14.4 Å². The van der Waals surface area contributed by atoms with Crippen LogP contribution in [0.25, 0.3) is 0 Å². The first-order valence-electron chi connectivity index (χ1n) is 5.85. The van der Waals surface area contributed by atoms with E-state index in [9.17, 15) is 13.2 Å². The van der Waals surface area contributed by atoms with Gasteiger partial charge in [0.1, 0.15) is 0 Å². The van der Waals surface area contributed by atoms with Crippen molar-refractivity contribution in [3.63, 3.8) is 0 Å². The Morgan fingerprint density at radius 2 is 2.05 bits per heavy atom. The van der Waals surface area contributed by atoms with Crippen LogP contribution in [0, 0.1) is 0 Å². The Kier molecular flexibility index (Phi) is 5.05. The lowest BCUT2D eigenvalue weighted by Gasteiger charge is -2.27. The second-order valence-electron chi connectivity index (χ2n) is 4.35. The van der Waals surface area contributed by atoms with Gasteiger partial charge in [0.05, 0.1) is 12.6 Å². The lowest BCUT2D eigenvalue weighted by atomic mass is 9.98. The predicted molar refractivity (Wildman–Crippen MR) is 72.8 cm³/mol. The molecule has 0 saturated heterocycles. The predicted octanol–water partition coefficient (Wildman–Crippen LogP) is 1.79. The lowest BCUT2D eigenvalue weighted by molar-refractivity contribution is 0.0590. The molecule has 0 saturated carbocycles. The first-order chi connectivity index (χ1) is 8.79. The Morgan fingerprint density at radius 3 is 2.53 bits per heavy atom. The molecule has 0 amide bonds. The van der Waals surface area contributed by atoms with E-state index in [1.165, 1.54) is 12.6 Å². The van der Waals surface area contributed by atoms with Crippen LogP contribution in [0.1, 0.15) is 44.1 Å². The normalized spacial score (nSPS) is 12.4. The smallest absolute Gasteiger partial charge is 0.358 e. The maximum Gasteiger partial charge on any atom is 0.358 e. The topological polar surface area (TPSA) is 85.4 Å². The number of carbonyl (C=O) groups excluding carboxylic acids is 1. The zero-order valence-corrected chi connectivity index (χ0v) is 13.0. The van der Waals surface area contributed by atoms with Crippen LogP contribution in [-0.2, 0) is 14.8 Å². The highest BCUT2D eigenvalue weighted by molar-refractivity contribution is 7.91. The SMILES string of the molecule is CCC(C)(CC)NS(=O)(=O)c1scnc1C(=O)OC. The van der Waals surface area contributed by atoms with Crippen molar-refractivity contribution in [3.8, 4) is 0 Å². The number of esters is 1. The fourth-order valence-corrected chi connectivity index (χ4v) is 4.11. The number of nitrogens with one attached hydrogen (secondary N) is 1. The van der Waals surface area contributed by atoms with Crippen LogP contribution >= 0.6 is 11.3 Å². The monoisotopic (exact) mass is 306 g/mol. The highest BCUT2D eigenvalue weighted by atomic mass is 32.2. The largest absolute Gasteiger partial charge is 0.464 e. The number of ether oxygens (including phenoxy) is 1. The maximum atomic E-state index is 12.3. The highest BCUT2D eigenvalue weighted by Crippen LogP contribution is 2.24. The van der Waals surface area contributed by atoms with Gasteiger partial charge in [0.25, 0.3) is 10.0 Å². The summed E-state index contributed by atoms with van der Waals surface area (Å²) in [5.41, 5.74) is 0.598. The molecule has 0 spiro atoms. The van der Waals surface area contributed by atoms with Gasteiger partial charge in [-0.15, -0.1) is 11.3 Å². The molecular formula is C11H18N2O4S2. The number of hydrogen-bond acceptors (Lipinski definition) is 6. The number of thiazole rings is 1. The molecular weight excluding hydrogens is 288 g/mol. The molecule has 0 aliphatic carbocycles. The molecule has 0 fully saturated rings. The van der Waals surface area contributed by atoms with Crippen LogP contribution in [0.3, 0.4) is 0 Å². The van der Waals surface area contributed by atoms with Crippen molar-refractivity contribution in [2.24, 2.45) is 0 Å². The van der Waals surface area contributed by atoms with Gasteiger partial charge in [-0.1, -0.05) is 13.8 Å². The van der Waals surface area contributed by atoms with Crippen LogP contribution in [-0.4, -0.2) is 32.0 Å². The molecule has 0 bridgehead atoms. The molecule has 0 unspecified atom stereocenters. The van der Waals surface area contributed by atoms with E-state index >= 15 is 0 Å². The molecule has 1 aromatic rings. The third kappa shape index (κ3) is 3.52. The number of aromatic nitrogens is 1. The van der Waals surface area contributed by atoms with Gasteiger partial charge in [-0.2, -0.15) is 0 Å². The zero-order chi connectivity index (χ0) is 14.7. The van der Waals surface area contributed by atoms with Gasteiger partial charge in [-0.05, 0) is 19.8 Å². The van der Waals surface area contributed by atoms with Crippen LogP contribution in [0.4, 0.5) is 0 Å². The summed E-state index contributed by atoms with van der Waals surface area (Å²) >= 11 is 0.899. The van der Waals surface area contributed by atoms with E-state index in [0.29, 0.717) is 12.8 Å². The van der Waals surface area contributed by atoms with Crippen molar-refractivity contribution in [2.45, 2.75) is 43.4 Å². The molecule has 1 heterocycles. The molecule has 6 nitrogen and oxygen atoms in total. The number of sulfonamides is 1. The summed E-state index contributed by atoms with van der Waals surface area (Å²) in [6.45, 7) is 5.63. The Morgan fingerprint density at radius 1 is 1.47 bits per heavy atom. The number of carbonyl (C=O) groups is 1. The van der Waals surface area contributed by atoms with Gasteiger partial charge < -0.3 is 4.74 Å². The van der Waals surface area contributed by atoms with Gasteiger partial charge in [-0.3, -0.25) is 0 Å². The van der Waals surface area contributed by atoms with E-state index in [4.69, 9.17) is 0 Å². The summed E-state index contributed by atoms with van der Waals surface area (Å²) in [4.78, 5) is 15.2. The summed E-state index contributed by atoms with van der Waals surface area (Å²) in [6.07, 6.45) is 1.30. The molecule has 1 aromatic heterocycles. The van der Waals surface area contributed by atoms with Crippen LogP contribution in [0.2, 0.25) is 0 Å². The lowest BCUT2D eigenvalue weighted by Crippen LogP contribution is -2.44. The molecule has 1 rings (SSSR count). The highest BCUT2D eigenvalue weighted by Gasteiger charge is 2.32. The van der Waals surface area contributed by atoms with Crippen LogP contribution in [0.5, 0.6) is 0 Å². The summed E-state index contributed by atoms with van der Waals surface area (Å²) < 4.78 is 31.7.